The Morgan fingerprint density at radius 3 is 2.93 bits per heavy atom. The van der Waals surface area contributed by atoms with Crippen molar-refractivity contribution in [3.05, 3.63) is 11.6 Å². The molecule has 0 bridgehead atoms. The Morgan fingerprint density at radius 2 is 2.36 bits per heavy atom. The van der Waals surface area contributed by atoms with Crippen LogP contribution in [0, 0.1) is 0 Å². The zero-order valence-corrected chi connectivity index (χ0v) is 8.15. The Balaban J connectivity index is 2.46. The Labute approximate surface area is 81.3 Å². The van der Waals surface area contributed by atoms with E-state index < -0.39 is 5.97 Å². The van der Waals surface area contributed by atoms with Gasteiger partial charge in [0.2, 0.25) is 0 Å². The van der Waals surface area contributed by atoms with E-state index in [4.69, 9.17) is 9.84 Å². The summed E-state index contributed by atoms with van der Waals surface area (Å²) >= 11 is 0. The maximum atomic E-state index is 10.3. The van der Waals surface area contributed by atoms with Gasteiger partial charge in [-0.25, -0.2) is 4.98 Å². The Bertz CT molecular complexity index is 309. The molecule has 6 nitrogen and oxygen atoms in total. The number of ether oxygens (including phenoxy) is 1. The van der Waals surface area contributed by atoms with Crippen LogP contribution in [0.25, 0.3) is 0 Å². The maximum absolute atomic E-state index is 10.3. The maximum Gasteiger partial charge on any atom is 0.311 e. The highest BCUT2D eigenvalue weighted by Crippen LogP contribution is 1.98. The molecular weight excluding hydrogens is 186 g/mol. The van der Waals surface area contributed by atoms with Crippen molar-refractivity contribution in [2.75, 3.05) is 0 Å². The Kier molecular flexibility index (Phi) is 3.58. The molecular formula is C8H13N3O3. The number of carbonyl (C=O) groups is 1. The molecule has 0 unspecified atom stereocenters. The van der Waals surface area contributed by atoms with Gasteiger partial charge in [0.05, 0.1) is 6.10 Å². The van der Waals surface area contributed by atoms with Gasteiger partial charge in [-0.2, -0.15) is 5.10 Å². The highest BCUT2D eigenvalue weighted by Gasteiger charge is 2.07. The standard InChI is InChI=1S/C8H13N3O3/c1-5(2)14-4-7-9-6(10-11-7)3-8(12)13/h5H,3-4H2,1-2H3,(H,12,13)(H,9,10,11). The van der Waals surface area contributed by atoms with Crippen LogP contribution in [0.1, 0.15) is 25.5 Å². The highest BCUT2D eigenvalue weighted by molar-refractivity contribution is 5.68. The number of aromatic nitrogens is 3. The van der Waals surface area contributed by atoms with E-state index in [1.54, 1.807) is 0 Å². The SMILES string of the molecule is CC(C)OCc1n[nH]c(CC(=O)O)n1. The molecule has 0 spiro atoms. The number of carboxylic acids is 1. The topological polar surface area (TPSA) is 88.1 Å². The molecule has 1 aromatic heterocycles. The van der Waals surface area contributed by atoms with Gasteiger partial charge in [-0.1, -0.05) is 0 Å². The number of nitrogens with zero attached hydrogens (tertiary/aromatic N) is 2. The van der Waals surface area contributed by atoms with Crippen LogP contribution in [0.3, 0.4) is 0 Å². The fraction of sp³-hybridized carbons (Fsp3) is 0.625. The molecule has 0 fully saturated rings. The lowest BCUT2D eigenvalue weighted by atomic mass is 10.4. The first-order chi connectivity index (χ1) is 6.58. The normalized spacial score (nSPS) is 10.8. The lowest BCUT2D eigenvalue weighted by Crippen LogP contribution is -2.04. The number of carboxylic acid groups (broad SMARTS) is 1. The molecule has 0 saturated heterocycles. The van der Waals surface area contributed by atoms with Crippen LogP contribution in [0.4, 0.5) is 0 Å². The monoisotopic (exact) mass is 199 g/mol. The molecule has 1 rings (SSSR count). The second-order valence-corrected chi connectivity index (χ2v) is 3.13. The van der Waals surface area contributed by atoms with Crippen LogP contribution in [0.15, 0.2) is 0 Å². The van der Waals surface area contributed by atoms with E-state index >= 15 is 0 Å². The Hall–Kier alpha value is -1.43. The summed E-state index contributed by atoms with van der Waals surface area (Å²) in [7, 11) is 0. The summed E-state index contributed by atoms with van der Waals surface area (Å²) in [6.07, 6.45) is -0.0364. The zero-order valence-electron chi connectivity index (χ0n) is 8.15. The van der Waals surface area contributed by atoms with Crippen LogP contribution >= 0.6 is 0 Å². The average molecular weight is 199 g/mol. The number of aromatic amines is 1. The minimum atomic E-state index is -0.933. The predicted octanol–water partition coefficient (Wildman–Crippen LogP) is 0.357. The molecule has 0 saturated carbocycles. The number of rotatable bonds is 5. The number of nitrogens with one attached hydrogen (secondary N) is 1. The summed E-state index contributed by atoms with van der Waals surface area (Å²) in [5.41, 5.74) is 0. The van der Waals surface area contributed by atoms with Gasteiger partial charge >= 0.3 is 5.97 Å². The molecule has 0 aliphatic carbocycles. The number of H-pyrrole nitrogens is 1. The lowest BCUT2D eigenvalue weighted by Gasteiger charge is -2.02. The van der Waals surface area contributed by atoms with Crippen molar-refractivity contribution in [3.8, 4) is 0 Å². The van der Waals surface area contributed by atoms with E-state index in [9.17, 15) is 4.79 Å². The molecule has 0 aromatic carbocycles. The molecule has 0 aliphatic rings. The number of hydrogen-bond donors (Lipinski definition) is 2. The third-order valence-electron chi connectivity index (χ3n) is 1.44. The summed E-state index contributed by atoms with van der Waals surface area (Å²) in [6, 6.07) is 0. The first-order valence-electron chi connectivity index (χ1n) is 4.31. The average Bonchev–Trinajstić information content (AvgIpc) is 2.47. The van der Waals surface area contributed by atoms with E-state index in [0.29, 0.717) is 18.3 Å². The molecule has 1 heterocycles. The first-order valence-corrected chi connectivity index (χ1v) is 4.31. The summed E-state index contributed by atoms with van der Waals surface area (Å²) in [5.74, 6) is -0.104. The van der Waals surface area contributed by atoms with Gasteiger partial charge in [-0.05, 0) is 13.8 Å². The van der Waals surface area contributed by atoms with Gasteiger partial charge in [0.25, 0.3) is 0 Å². The fourth-order valence-corrected chi connectivity index (χ4v) is 0.863. The first kappa shape index (κ1) is 10.6. The highest BCUT2D eigenvalue weighted by atomic mass is 16.5. The van der Waals surface area contributed by atoms with Gasteiger partial charge in [-0.15, -0.1) is 0 Å². The van der Waals surface area contributed by atoms with Crippen molar-refractivity contribution in [1.82, 2.24) is 15.2 Å². The van der Waals surface area contributed by atoms with Gasteiger partial charge in [0.15, 0.2) is 5.82 Å². The van der Waals surface area contributed by atoms with Gasteiger partial charge in [-0.3, -0.25) is 9.89 Å². The molecule has 2 N–H and O–H groups in total. The van der Waals surface area contributed by atoms with E-state index in [2.05, 4.69) is 15.2 Å². The van der Waals surface area contributed by atoms with Crippen molar-refractivity contribution < 1.29 is 14.6 Å². The number of aliphatic carboxylic acids is 1. The quantitative estimate of drug-likeness (QED) is 0.714. The lowest BCUT2D eigenvalue weighted by molar-refractivity contribution is -0.136. The van der Waals surface area contributed by atoms with E-state index in [-0.39, 0.29) is 12.5 Å². The molecule has 1 aromatic rings. The summed E-state index contributed by atoms with van der Waals surface area (Å²) < 4.78 is 5.25. The van der Waals surface area contributed by atoms with Crippen LogP contribution in [0.5, 0.6) is 0 Å². The van der Waals surface area contributed by atoms with Crippen molar-refractivity contribution in [3.63, 3.8) is 0 Å². The predicted molar refractivity (Wildman–Crippen MR) is 47.6 cm³/mol. The van der Waals surface area contributed by atoms with E-state index in [0.717, 1.165) is 0 Å². The zero-order chi connectivity index (χ0) is 10.6. The van der Waals surface area contributed by atoms with Crippen molar-refractivity contribution in [1.29, 1.82) is 0 Å². The molecule has 0 atom stereocenters. The van der Waals surface area contributed by atoms with Gasteiger partial charge in [0.1, 0.15) is 18.9 Å². The molecule has 0 aliphatic heterocycles. The molecule has 14 heavy (non-hydrogen) atoms. The second kappa shape index (κ2) is 4.71. The van der Waals surface area contributed by atoms with Crippen LogP contribution in [-0.2, 0) is 22.6 Å². The molecule has 0 radical (unpaired) electrons. The van der Waals surface area contributed by atoms with Gasteiger partial charge < -0.3 is 9.84 Å². The summed E-state index contributed by atoms with van der Waals surface area (Å²) in [6.45, 7) is 4.11. The Morgan fingerprint density at radius 1 is 1.64 bits per heavy atom. The smallest absolute Gasteiger partial charge is 0.311 e. The third kappa shape index (κ3) is 3.53. The summed E-state index contributed by atoms with van der Waals surface area (Å²) in [5, 5.41) is 14.8. The van der Waals surface area contributed by atoms with Gasteiger partial charge in [0, 0.05) is 0 Å². The number of hydrogen-bond acceptors (Lipinski definition) is 4. The minimum Gasteiger partial charge on any atom is -0.481 e. The van der Waals surface area contributed by atoms with E-state index in [1.165, 1.54) is 0 Å². The van der Waals surface area contributed by atoms with Crippen LogP contribution in [0.2, 0.25) is 0 Å². The van der Waals surface area contributed by atoms with E-state index in [1.807, 2.05) is 13.8 Å². The molecule has 0 amide bonds. The van der Waals surface area contributed by atoms with Crippen molar-refractivity contribution >= 4 is 5.97 Å². The van der Waals surface area contributed by atoms with Crippen molar-refractivity contribution in [2.45, 2.75) is 33.0 Å². The van der Waals surface area contributed by atoms with Crippen LogP contribution in [-0.4, -0.2) is 32.4 Å². The van der Waals surface area contributed by atoms with Crippen LogP contribution < -0.4 is 0 Å². The molecule has 6 heteroatoms. The second-order valence-electron chi connectivity index (χ2n) is 3.13. The third-order valence-corrected chi connectivity index (χ3v) is 1.44. The minimum absolute atomic E-state index is 0.108. The van der Waals surface area contributed by atoms with Crippen molar-refractivity contribution in [2.24, 2.45) is 0 Å². The fourth-order valence-electron chi connectivity index (χ4n) is 0.863. The largest absolute Gasteiger partial charge is 0.481 e. The summed E-state index contributed by atoms with van der Waals surface area (Å²) in [4.78, 5) is 14.3. The molecule has 78 valence electrons.